The fraction of sp³-hybridized carbons (Fsp3) is 0.562. The third kappa shape index (κ3) is 1.79. The molecule has 3 aliphatic heterocycles. The molecule has 3 fully saturated rings. The highest BCUT2D eigenvalue weighted by Crippen LogP contribution is 2.47. The third-order valence-corrected chi connectivity index (χ3v) is 5.19. The number of carbonyl (C=O) groups excluding carboxylic acids is 1. The van der Waals surface area contributed by atoms with Gasteiger partial charge >= 0.3 is 0 Å². The van der Waals surface area contributed by atoms with Crippen molar-refractivity contribution in [3.8, 4) is 0 Å². The summed E-state index contributed by atoms with van der Waals surface area (Å²) in [6, 6.07) is 9.10. The van der Waals surface area contributed by atoms with Crippen molar-refractivity contribution in [2.45, 2.75) is 31.1 Å². The molecule has 2 bridgehead atoms. The smallest absolute Gasteiger partial charge is 0.244 e. The third-order valence-electron chi connectivity index (χ3n) is 5.19. The van der Waals surface area contributed by atoms with E-state index < -0.39 is 6.04 Å². The number of nitrogens with zero attached hydrogens (tertiary/aromatic N) is 1. The van der Waals surface area contributed by atoms with Crippen LogP contribution in [0.1, 0.15) is 24.4 Å². The Kier molecular flexibility index (Phi) is 2.82. The Balaban J connectivity index is 1.48. The van der Waals surface area contributed by atoms with Crippen LogP contribution in [0, 0.1) is 11.8 Å². The number of likely N-dealkylation sites (tertiary alicyclic amines) is 1. The number of hydrogen-bond donors (Lipinski definition) is 1. The molecule has 0 spiro atoms. The molecule has 1 aromatic rings. The molecule has 0 aromatic heterocycles. The second-order valence-electron chi connectivity index (χ2n) is 6.25. The van der Waals surface area contributed by atoms with Crippen LogP contribution >= 0.6 is 0 Å². The monoisotopic (exact) mass is 272 g/mol. The zero-order valence-corrected chi connectivity index (χ0v) is 11.4. The zero-order valence-electron chi connectivity index (χ0n) is 11.4. The molecule has 4 nitrogen and oxygen atoms in total. The summed E-state index contributed by atoms with van der Waals surface area (Å²) in [5.41, 5.74) is 7.03. The van der Waals surface area contributed by atoms with Gasteiger partial charge in [-0.1, -0.05) is 30.3 Å². The molecule has 4 rings (SSSR count). The first-order valence-corrected chi connectivity index (χ1v) is 7.49. The average Bonchev–Trinajstić information content (AvgIpc) is 3.18. The van der Waals surface area contributed by atoms with E-state index in [1.54, 1.807) is 0 Å². The number of amides is 1. The summed E-state index contributed by atoms with van der Waals surface area (Å²) in [6.45, 7) is 1.65. The summed E-state index contributed by atoms with van der Waals surface area (Å²) >= 11 is 0. The molecule has 4 heteroatoms. The van der Waals surface area contributed by atoms with Gasteiger partial charge in [0.25, 0.3) is 0 Å². The number of ether oxygens (including phenoxy) is 1. The van der Waals surface area contributed by atoms with Gasteiger partial charge in [0.05, 0.1) is 12.2 Å². The summed E-state index contributed by atoms with van der Waals surface area (Å²) in [5.74, 6) is 1.14. The van der Waals surface area contributed by atoms with Crippen LogP contribution in [0.4, 0.5) is 0 Å². The molecule has 3 heterocycles. The van der Waals surface area contributed by atoms with E-state index in [4.69, 9.17) is 10.5 Å². The van der Waals surface area contributed by atoms with Crippen LogP contribution in [-0.2, 0) is 9.53 Å². The molecule has 0 saturated carbocycles. The molecule has 106 valence electrons. The second kappa shape index (κ2) is 4.57. The lowest BCUT2D eigenvalue weighted by molar-refractivity contribution is -0.132. The van der Waals surface area contributed by atoms with Crippen molar-refractivity contribution in [2.24, 2.45) is 17.6 Å². The van der Waals surface area contributed by atoms with Crippen LogP contribution < -0.4 is 5.73 Å². The van der Waals surface area contributed by atoms with E-state index in [1.807, 2.05) is 35.2 Å². The minimum Gasteiger partial charge on any atom is -0.374 e. The first kappa shape index (κ1) is 12.4. The average molecular weight is 272 g/mol. The van der Waals surface area contributed by atoms with Crippen LogP contribution in [0.2, 0.25) is 0 Å². The highest BCUT2D eigenvalue weighted by atomic mass is 16.5. The Hall–Kier alpha value is -1.39. The van der Waals surface area contributed by atoms with Crippen molar-refractivity contribution in [3.63, 3.8) is 0 Å². The van der Waals surface area contributed by atoms with E-state index in [9.17, 15) is 4.79 Å². The van der Waals surface area contributed by atoms with Gasteiger partial charge in [-0.3, -0.25) is 4.79 Å². The van der Waals surface area contributed by atoms with E-state index in [0.717, 1.165) is 18.7 Å². The van der Waals surface area contributed by atoms with Gasteiger partial charge in [-0.15, -0.1) is 0 Å². The van der Waals surface area contributed by atoms with E-state index in [2.05, 4.69) is 0 Å². The quantitative estimate of drug-likeness (QED) is 0.883. The topological polar surface area (TPSA) is 55.6 Å². The Morgan fingerprint density at radius 1 is 1.15 bits per heavy atom. The predicted octanol–water partition coefficient (Wildman–Crippen LogP) is 1.32. The predicted molar refractivity (Wildman–Crippen MR) is 74.8 cm³/mol. The summed E-state index contributed by atoms with van der Waals surface area (Å²) in [6.07, 6.45) is 3.10. The van der Waals surface area contributed by atoms with Gasteiger partial charge in [-0.2, -0.15) is 0 Å². The van der Waals surface area contributed by atoms with E-state index in [-0.39, 0.29) is 5.91 Å². The second-order valence-corrected chi connectivity index (χ2v) is 6.25. The molecule has 5 atom stereocenters. The standard InChI is InChI=1S/C16H20N2O2/c17-15(10-4-2-1-3-5-10)16(19)18-8-11-12(9-18)14-7-6-13(11)20-14/h1-5,11-15H,6-9,17H2. The number of fused-ring (bicyclic) bond motifs is 5. The van der Waals surface area contributed by atoms with E-state index in [0.29, 0.717) is 24.0 Å². The number of carbonyl (C=O) groups is 1. The Morgan fingerprint density at radius 2 is 1.75 bits per heavy atom. The van der Waals surface area contributed by atoms with Gasteiger partial charge in [-0.05, 0) is 18.4 Å². The molecule has 20 heavy (non-hydrogen) atoms. The first-order chi connectivity index (χ1) is 9.74. The molecule has 0 aliphatic carbocycles. The highest BCUT2D eigenvalue weighted by molar-refractivity contribution is 5.83. The number of hydrogen-bond acceptors (Lipinski definition) is 3. The normalized spacial score (nSPS) is 36.1. The summed E-state index contributed by atoms with van der Waals surface area (Å²) in [4.78, 5) is 14.5. The Labute approximate surface area is 118 Å². The van der Waals surface area contributed by atoms with Crippen molar-refractivity contribution in [1.29, 1.82) is 0 Å². The van der Waals surface area contributed by atoms with Crippen LogP contribution in [0.15, 0.2) is 30.3 Å². The molecule has 0 radical (unpaired) electrons. The van der Waals surface area contributed by atoms with Crippen LogP contribution in [0.3, 0.4) is 0 Å². The largest absolute Gasteiger partial charge is 0.374 e. The number of nitrogens with two attached hydrogens (primary N) is 1. The molecule has 2 N–H and O–H groups in total. The number of rotatable bonds is 2. The summed E-state index contributed by atoms with van der Waals surface area (Å²) in [7, 11) is 0. The van der Waals surface area contributed by atoms with Gasteiger partial charge in [0.2, 0.25) is 5.91 Å². The first-order valence-electron chi connectivity index (χ1n) is 7.49. The highest BCUT2D eigenvalue weighted by Gasteiger charge is 2.54. The molecule has 3 saturated heterocycles. The maximum absolute atomic E-state index is 12.6. The van der Waals surface area contributed by atoms with Gasteiger partial charge < -0.3 is 15.4 Å². The fourth-order valence-corrected chi connectivity index (χ4v) is 4.14. The van der Waals surface area contributed by atoms with Crippen LogP contribution in [-0.4, -0.2) is 36.1 Å². The van der Waals surface area contributed by atoms with Gasteiger partial charge in [0.1, 0.15) is 6.04 Å². The molecule has 1 amide bonds. The minimum atomic E-state index is -0.534. The van der Waals surface area contributed by atoms with Crippen LogP contribution in [0.5, 0.6) is 0 Å². The molecule has 3 aliphatic rings. The van der Waals surface area contributed by atoms with Crippen molar-refractivity contribution in [3.05, 3.63) is 35.9 Å². The van der Waals surface area contributed by atoms with Crippen molar-refractivity contribution < 1.29 is 9.53 Å². The van der Waals surface area contributed by atoms with E-state index in [1.165, 1.54) is 12.8 Å². The van der Waals surface area contributed by atoms with Crippen molar-refractivity contribution in [1.82, 2.24) is 4.90 Å². The SMILES string of the molecule is NC(C(=O)N1CC2C3CCC(O3)C2C1)c1ccccc1. The lowest BCUT2D eigenvalue weighted by Gasteiger charge is -2.22. The van der Waals surface area contributed by atoms with Gasteiger partial charge in [0, 0.05) is 24.9 Å². The summed E-state index contributed by atoms with van der Waals surface area (Å²) in [5, 5.41) is 0. The number of benzene rings is 1. The van der Waals surface area contributed by atoms with Crippen molar-refractivity contribution in [2.75, 3.05) is 13.1 Å². The fourth-order valence-electron chi connectivity index (χ4n) is 4.14. The molecular weight excluding hydrogens is 252 g/mol. The lowest BCUT2D eigenvalue weighted by atomic mass is 9.82. The molecule has 5 unspecified atom stereocenters. The Bertz CT molecular complexity index is 500. The van der Waals surface area contributed by atoms with Crippen molar-refractivity contribution >= 4 is 5.91 Å². The van der Waals surface area contributed by atoms with Gasteiger partial charge in [-0.25, -0.2) is 0 Å². The zero-order chi connectivity index (χ0) is 13.7. The van der Waals surface area contributed by atoms with E-state index >= 15 is 0 Å². The summed E-state index contributed by atoms with van der Waals surface area (Å²) < 4.78 is 5.94. The van der Waals surface area contributed by atoms with Gasteiger partial charge in [0.15, 0.2) is 0 Å². The lowest BCUT2D eigenvalue weighted by Crippen LogP contribution is -2.38. The Morgan fingerprint density at radius 3 is 2.35 bits per heavy atom. The van der Waals surface area contributed by atoms with Crippen LogP contribution in [0.25, 0.3) is 0 Å². The maximum atomic E-state index is 12.6. The maximum Gasteiger partial charge on any atom is 0.244 e. The molecule has 1 aromatic carbocycles. The molecular formula is C16H20N2O2. The minimum absolute atomic E-state index is 0.0602.